The normalized spacial score (nSPS) is 22.3. The summed E-state index contributed by atoms with van der Waals surface area (Å²) in [6.07, 6.45) is 0.528. The largest absolute Gasteiger partial charge is 0.467 e. The summed E-state index contributed by atoms with van der Waals surface area (Å²) in [5.41, 5.74) is 1.36. The monoisotopic (exact) mass is 418 g/mol. The summed E-state index contributed by atoms with van der Waals surface area (Å²) in [5.74, 6) is 0.213. The lowest BCUT2D eigenvalue weighted by molar-refractivity contribution is 0.0184. The zero-order valence-electron chi connectivity index (χ0n) is 16.3. The van der Waals surface area contributed by atoms with E-state index in [4.69, 9.17) is 17.0 Å². The highest BCUT2D eigenvalue weighted by Crippen LogP contribution is 2.49. The first-order chi connectivity index (χ1) is 14.5. The zero-order chi connectivity index (χ0) is 20.9. The number of para-hydroxylation sites is 1. The van der Waals surface area contributed by atoms with Crippen molar-refractivity contribution in [1.29, 1.82) is 0 Å². The van der Waals surface area contributed by atoms with Crippen molar-refractivity contribution in [3.8, 4) is 5.75 Å². The van der Waals surface area contributed by atoms with Crippen molar-refractivity contribution in [2.75, 3.05) is 4.90 Å². The molecule has 2 bridgehead atoms. The van der Waals surface area contributed by atoms with Crippen molar-refractivity contribution in [2.24, 2.45) is 0 Å². The lowest BCUT2D eigenvalue weighted by Crippen LogP contribution is -2.67. The first kappa shape index (κ1) is 18.8. The van der Waals surface area contributed by atoms with Gasteiger partial charge in [0, 0.05) is 23.2 Å². The second kappa shape index (κ2) is 6.92. The van der Waals surface area contributed by atoms with Gasteiger partial charge in [-0.15, -0.1) is 0 Å². The van der Waals surface area contributed by atoms with E-state index < -0.39 is 5.72 Å². The molecule has 0 radical (unpaired) electrons. The van der Waals surface area contributed by atoms with Crippen molar-refractivity contribution >= 4 is 28.9 Å². The van der Waals surface area contributed by atoms with Gasteiger partial charge in [-0.25, -0.2) is 4.39 Å². The summed E-state index contributed by atoms with van der Waals surface area (Å²) in [4.78, 5) is 17.0. The summed E-state index contributed by atoms with van der Waals surface area (Å²) in [6.45, 7) is 1.95. The lowest BCUT2D eigenvalue weighted by atomic mass is 9.88. The van der Waals surface area contributed by atoms with E-state index in [1.54, 1.807) is 29.2 Å². The number of fused-ring (bicyclic) bond motifs is 4. The van der Waals surface area contributed by atoms with Gasteiger partial charge in [-0.3, -0.25) is 14.6 Å². The number of rotatable bonds is 2. The van der Waals surface area contributed by atoms with Gasteiger partial charge < -0.3 is 4.74 Å². The van der Waals surface area contributed by atoms with Crippen LogP contribution in [0.2, 0.25) is 0 Å². The Hall–Kier alpha value is -3.25. The first-order valence-electron chi connectivity index (χ1n) is 9.74. The Morgan fingerprint density at radius 3 is 2.43 bits per heavy atom. The molecule has 30 heavy (non-hydrogen) atoms. The minimum atomic E-state index is -0.804. The molecule has 0 unspecified atom stereocenters. The number of hydrogen-bond acceptors (Lipinski definition) is 3. The van der Waals surface area contributed by atoms with Gasteiger partial charge in [-0.1, -0.05) is 36.4 Å². The third-order valence-electron chi connectivity index (χ3n) is 5.69. The molecule has 1 saturated heterocycles. The average Bonchev–Trinajstić information content (AvgIpc) is 2.75. The molecule has 2 aliphatic heterocycles. The van der Waals surface area contributed by atoms with Gasteiger partial charge in [0.2, 0.25) is 0 Å². The Labute approximate surface area is 179 Å². The van der Waals surface area contributed by atoms with Gasteiger partial charge in [0.05, 0.1) is 6.04 Å². The number of carbonyl (C=O) groups is 1. The molecule has 0 spiro atoms. The minimum Gasteiger partial charge on any atom is -0.467 e. The van der Waals surface area contributed by atoms with E-state index in [2.05, 4.69) is 0 Å². The van der Waals surface area contributed by atoms with Crippen LogP contribution in [0.3, 0.4) is 0 Å². The zero-order valence-corrected chi connectivity index (χ0v) is 17.1. The predicted octanol–water partition coefficient (Wildman–Crippen LogP) is 5.31. The number of halogens is 1. The molecule has 0 aromatic heterocycles. The molecule has 150 valence electrons. The van der Waals surface area contributed by atoms with E-state index >= 15 is 0 Å². The van der Waals surface area contributed by atoms with Gasteiger partial charge in [-0.05, 0) is 61.6 Å². The Morgan fingerprint density at radius 2 is 1.70 bits per heavy atom. The lowest BCUT2D eigenvalue weighted by Gasteiger charge is -2.55. The summed E-state index contributed by atoms with van der Waals surface area (Å²) in [6, 6.07) is 22.7. The number of hydrogen-bond donors (Lipinski definition) is 0. The van der Waals surface area contributed by atoms with Crippen molar-refractivity contribution in [2.45, 2.75) is 25.1 Å². The standard InChI is InChI=1S/C24H19FN2O2S/c1-24-15-20(19-9-5-6-10-21(19)29-24)26(22(28)16-7-3-2-4-8-16)23(30)27(24)18-13-11-17(25)12-14-18/h2-14,20H,15H2,1H3/t20-,24-/m1/s1. The van der Waals surface area contributed by atoms with Crippen molar-refractivity contribution < 1.29 is 13.9 Å². The Kier molecular flexibility index (Phi) is 4.33. The maximum atomic E-state index is 13.6. The maximum Gasteiger partial charge on any atom is 0.260 e. The molecule has 0 aliphatic carbocycles. The van der Waals surface area contributed by atoms with Crippen LogP contribution in [0.4, 0.5) is 10.1 Å². The van der Waals surface area contributed by atoms with Crippen LogP contribution in [0.25, 0.3) is 0 Å². The van der Waals surface area contributed by atoms with E-state index in [-0.39, 0.29) is 17.8 Å². The highest BCUT2D eigenvalue weighted by atomic mass is 32.1. The first-order valence-corrected chi connectivity index (χ1v) is 10.1. The van der Waals surface area contributed by atoms with Crippen LogP contribution < -0.4 is 9.64 Å². The van der Waals surface area contributed by atoms with Gasteiger partial charge in [0.1, 0.15) is 11.6 Å². The highest BCUT2D eigenvalue weighted by Gasteiger charge is 2.53. The molecule has 3 aromatic rings. The number of carbonyl (C=O) groups excluding carboxylic acids is 1. The maximum absolute atomic E-state index is 13.6. The fourth-order valence-electron chi connectivity index (χ4n) is 4.33. The smallest absolute Gasteiger partial charge is 0.260 e. The minimum absolute atomic E-state index is 0.170. The van der Waals surface area contributed by atoms with Crippen LogP contribution in [-0.2, 0) is 0 Å². The molecule has 0 N–H and O–H groups in total. The fraction of sp³-hybridized carbons (Fsp3) is 0.167. The third-order valence-corrected chi connectivity index (χ3v) is 6.07. The molecular formula is C24H19FN2O2S. The molecule has 2 aliphatic rings. The number of amides is 1. The van der Waals surface area contributed by atoms with E-state index in [9.17, 15) is 9.18 Å². The molecule has 0 saturated carbocycles. The fourth-order valence-corrected chi connectivity index (χ4v) is 4.84. The third kappa shape index (κ3) is 2.87. The Bertz CT molecular complexity index is 1140. The summed E-state index contributed by atoms with van der Waals surface area (Å²) in [7, 11) is 0. The number of benzene rings is 3. The molecule has 2 atom stereocenters. The van der Waals surface area contributed by atoms with Gasteiger partial charge in [0.25, 0.3) is 5.91 Å². The van der Waals surface area contributed by atoms with E-state index in [1.807, 2.05) is 54.3 Å². The number of nitrogens with zero attached hydrogens (tertiary/aromatic N) is 2. The quantitative estimate of drug-likeness (QED) is 0.528. The molecular weight excluding hydrogens is 399 g/mol. The molecule has 3 aromatic carbocycles. The summed E-state index contributed by atoms with van der Waals surface area (Å²) < 4.78 is 20.0. The van der Waals surface area contributed by atoms with Crippen molar-refractivity contribution in [1.82, 2.24) is 4.90 Å². The van der Waals surface area contributed by atoms with Gasteiger partial charge >= 0.3 is 0 Å². The van der Waals surface area contributed by atoms with Crippen LogP contribution in [0.5, 0.6) is 5.75 Å². The second-order valence-corrected chi connectivity index (χ2v) is 8.04. The number of thiocarbonyl (C=S) groups is 1. The van der Waals surface area contributed by atoms with Crippen LogP contribution in [-0.4, -0.2) is 21.6 Å². The van der Waals surface area contributed by atoms with Crippen LogP contribution in [0.1, 0.15) is 35.3 Å². The van der Waals surface area contributed by atoms with Gasteiger partial charge in [0.15, 0.2) is 10.8 Å². The molecule has 2 heterocycles. The summed E-state index contributed by atoms with van der Waals surface area (Å²) in [5, 5.41) is 0.337. The van der Waals surface area contributed by atoms with Gasteiger partial charge in [-0.2, -0.15) is 0 Å². The molecule has 1 amide bonds. The number of anilines is 1. The predicted molar refractivity (Wildman–Crippen MR) is 117 cm³/mol. The van der Waals surface area contributed by atoms with Crippen molar-refractivity contribution in [3.05, 3.63) is 95.8 Å². The highest BCUT2D eigenvalue weighted by molar-refractivity contribution is 7.80. The summed E-state index contributed by atoms with van der Waals surface area (Å²) >= 11 is 5.85. The average molecular weight is 418 g/mol. The molecule has 4 nitrogen and oxygen atoms in total. The Balaban J connectivity index is 1.67. The topological polar surface area (TPSA) is 32.8 Å². The van der Waals surface area contributed by atoms with E-state index in [0.29, 0.717) is 22.8 Å². The van der Waals surface area contributed by atoms with Crippen LogP contribution >= 0.6 is 12.2 Å². The Morgan fingerprint density at radius 1 is 1.03 bits per heavy atom. The van der Waals surface area contributed by atoms with E-state index in [1.165, 1.54) is 12.1 Å². The molecule has 5 rings (SSSR count). The SMILES string of the molecule is C[C@]12C[C@H](c3ccccc3O1)N(C(=O)c1ccccc1)C(=S)N2c1ccc(F)cc1. The molecule has 6 heteroatoms. The van der Waals surface area contributed by atoms with Crippen LogP contribution in [0.15, 0.2) is 78.9 Å². The van der Waals surface area contributed by atoms with Crippen molar-refractivity contribution in [3.63, 3.8) is 0 Å². The number of ether oxygens (including phenoxy) is 1. The molecule has 1 fully saturated rings. The van der Waals surface area contributed by atoms with E-state index in [0.717, 1.165) is 11.3 Å². The second-order valence-electron chi connectivity index (χ2n) is 7.67. The van der Waals surface area contributed by atoms with Crippen LogP contribution in [0, 0.1) is 5.82 Å².